The summed E-state index contributed by atoms with van der Waals surface area (Å²) in [4.78, 5) is 27.5. The van der Waals surface area contributed by atoms with E-state index in [2.05, 4.69) is 5.32 Å². The number of amides is 2. The molecule has 2 aromatic rings. The van der Waals surface area contributed by atoms with E-state index in [0.717, 1.165) is 34.3 Å². The number of sulfonamides is 1. The molecule has 0 unspecified atom stereocenters. The topological polar surface area (TPSA) is 86.8 Å². The lowest BCUT2D eigenvalue weighted by Crippen LogP contribution is -2.52. The summed E-state index contributed by atoms with van der Waals surface area (Å²) in [5.41, 5.74) is -0.799. The lowest BCUT2D eigenvalue weighted by molar-refractivity contribution is -0.141. The molecule has 1 N–H and O–H groups in total. The van der Waals surface area contributed by atoms with E-state index in [9.17, 15) is 31.2 Å². The molecule has 0 radical (unpaired) electrons. The Kier molecular flexibility index (Phi) is 9.76. The van der Waals surface area contributed by atoms with E-state index in [1.54, 1.807) is 6.92 Å². The fourth-order valence-electron chi connectivity index (χ4n) is 3.68. The summed E-state index contributed by atoms with van der Waals surface area (Å²) in [5, 5.41) is 2.86. The molecule has 37 heavy (non-hydrogen) atoms. The van der Waals surface area contributed by atoms with Gasteiger partial charge >= 0.3 is 6.18 Å². The van der Waals surface area contributed by atoms with Crippen LogP contribution in [-0.4, -0.2) is 49.5 Å². The lowest BCUT2D eigenvalue weighted by Gasteiger charge is -2.32. The van der Waals surface area contributed by atoms with Gasteiger partial charge in [-0.25, -0.2) is 8.42 Å². The van der Waals surface area contributed by atoms with Crippen molar-refractivity contribution in [1.82, 2.24) is 10.2 Å². The molecule has 0 aliphatic rings. The average molecular weight is 542 g/mol. The van der Waals surface area contributed by atoms with E-state index in [1.807, 2.05) is 51.1 Å². The molecule has 0 saturated heterocycles. The zero-order valence-electron chi connectivity index (χ0n) is 21.7. The third-order valence-electron chi connectivity index (χ3n) is 5.47. The summed E-state index contributed by atoms with van der Waals surface area (Å²) in [7, 11) is -3.92. The number of carbonyl (C=O) groups is 2. The zero-order chi connectivity index (χ0) is 28.0. The maximum atomic E-state index is 13.2. The first-order valence-electron chi connectivity index (χ1n) is 11.8. The Hall–Kier alpha value is -3.08. The second-order valence-electron chi connectivity index (χ2n) is 9.91. The fraction of sp³-hybridized carbons (Fsp3) is 0.462. The third-order valence-corrected chi connectivity index (χ3v) is 6.67. The predicted molar refractivity (Wildman–Crippen MR) is 137 cm³/mol. The highest BCUT2D eigenvalue weighted by Crippen LogP contribution is 2.32. The van der Waals surface area contributed by atoms with Gasteiger partial charge in [0.05, 0.1) is 17.5 Å². The van der Waals surface area contributed by atoms with Gasteiger partial charge in [0.1, 0.15) is 6.04 Å². The van der Waals surface area contributed by atoms with Crippen LogP contribution in [0.15, 0.2) is 54.6 Å². The van der Waals surface area contributed by atoms with Crippen LogP contribution in [0.2, 0.25) is 0 Å². The van der Waals surface area contributed by atoms with Gasteiger partial charge in [-0.05, 0) is 57.9 Å². The molecule has 0 bridgehead atoms. The molecule has 2 amide bonds. The van der Waals surface area contributed by atoms with Crippen molar-refractivity contribution in [2.45, 2.75) is 64.8 Å². The van der Waals surface area contributed by atoms with E-state index in [0.29, 0.717) is 0 Å². The Bertz CT molecular complexity index is 1180. The number of alkyl halides is 3. The first-order chi connectivity index (χ1) is 17.0. The van der Waals surface area contributed by atoms with Gasteiger partial charge in [0, 0.05) is 25.0 Å². The molecule has 0 fully saturated rings. The summed E-state index contributed by atoms with van der Waals surface area (Å²) >= 11 is 0. The molecular formula is C26H34F3N3O4S. The number of nitrogens with one attached hydrogen (secondary N) is 1. The Morgan fingerprint density at radius 3 is 2.16 bits per heavy atom. The normalized spacial score (nSPS) is 13.1. The number of halogens is 3. The van der Waals surface area contributed by atoms with Crippen molar-refractivity contribution in [2.75, 3.05) is 17.1 Å². The molecule has 0 spiro atoms. The molecule has 11 heteroatoms. The molecule has 0 heterocycles. The average Bonchev–Trinajstić information content (AvgIpc) is 2.78. The predicted octanol–water partition coefficient (Wildman–Crippen LogP) is 4.58. The van der Waals surface area contributed by atoms with E-state index in [4.69, 9.17) is 0 Å². The van der Waals surface area contributed by atoms with Crippen LogP contribution in [0.5, 0.6) is 0 Å². The second-order valence-corrected chi connectivity index (χ2v) is 11.8. The van der Waals surface area contributed by atoms with Crippen LogP contribution in [-0.2, 0) is 32.3 Å². The van der Waals surface area contributed by atoms with E-state index >= 15 is 0 Å². The highest BCUT2D eigenvalue weighted by Gasteiger charge is 2.32. The molecule has 2 aromatic carbocycles. The molecule has 0 aliphatic carbocycles. The molecular weight excluding hydrogens is 507 g/mol. The molecule has 7 nitrogen and oxygen atoms in total. The summed E-state index contributed by atoms with van der Waals surface area (Å²) < 4.78 is 65.0. The number of rotatable bonds is 10. The van der Waals surface area contributed by atoms with Crippen LogP contribution in [0.1, 0.15) is 51.7 Å². The smallest absolute Gasteiger partial charge is 0.350 e. The van der Waals surface area contributed by atoms with Crippen molar-refractivity contribution < 1.29 is 31.2 Å². The van der Waals surface area contributed by atoms with Gasteiger partial charge in [-0.2, -0.15) is 13.2 Å². The highest BCUT2D eigenvalue weighted by atomic mass is 32.2. The molecule has 0 aliphatic heterocycles. The summed E-state index contributed by atoms with van der Waals surface area (Å²) in [6.07, 6.45) is -3.79. The third kappa shape index (κ3) is 9.38. The fourth-order valence-corrected chi connectivity index (χ4v) is 4.64. The number of anilines is 1. The van der Waals surface area contributed by atoms with Gasteiger partial charge in [0.15, 0.2) is 0 Å². The van der Waals surface area contributed by atoms with Crippen LogP contribution in [0.3, 0.4) is 0 Å². The number of hydrogen-bond donors (Lipinski definition) is 1. The number of nitrogens with zero attached hydrogens (tertiary/aromatic N) is 2. The van der Waals surface area contributed by atoms with Crippen LogP contribution in [0.25, 0.3) is 0 Å². The van der Waals surface area contributed by atoms with Crippen LogP contribution in [0, 0.1) is 0 Å². The quantitative estimate of drug-likeness (QED) is 0.477. The summed E-state index contributed by atoms with van der Waals surface area (Å²) in [6, 6.07) is 12.4. The summed E-state index contributed by atoms with van der Waals surface area (Å²) in [6.45, 7) is 7.07. The summed E-state index contributed by atoms with van der Waals surface area (Å²) in [5.74, 6) is -0.712. The molecule has 204 valence electrons. The van der Waals surface area contributed by atoms with Crippen molar-refractivity contribution in [3.05, 3.63) is 65.7 Å². The van der Waals surface area contributed by atoms with Gasteiger partial charge in [-0.15, -0.1) is 0 Å². The lowest BCUT2D eigenvalue weighted by atomic mass is 10.1. The van der Waals surface area contributed by atoms with Crippen molar-refractivity contribution in [3.8, 4) is 0 Å². The first-order valence-corrected chi connectivity index (χ1v) is 13.6. The standard InChI is InChI=1S/C26H34F3N3O4S/c1-19(24(34)30-25(2,3)4)31(18-20-11-7-6-8-12-20)23(33)15-10-16-32(37(5,35)36)22-14-9-13-21(17-22)26(27,28)29/h6-9,11-14,17,19H,10,15-16,18H2,1-5H3,(H,30,34)/t19-/m0/s1. The number of hydrogen-bond acceptors (Lipinski definition) is 4. The van der Waals surface area contributed by atoms with Gasteiger partial charge in [-0.3, -0.25) is 13.9 Å². The second kappa shape index (κ2) is 12.0. The van der Waals surface area contributed by atoms with Crippen molar-refractivity contribution in [1.29, 1.82) is 0 Å². The van der Waals surface area contributed by atoms with E-state index in [-0.39, 0.29) is 43.4 Å². The van der Waals surface area contributed by atoms with Crippen LogP contribution in [0.4, 0.5) is 18.9 Å². The minimum Gasteiger partial charge on any atom is -0.350 e. The van der Waals surface area contributed by atoms with Gasteiger partial charge in [0.2, 0.25) is 21.8 Å². The van der Waals surface area contributed by atoms with Gasteiger partial charge < -0.3 is 10.2 Å². The monoisotopic (exact) mass is 541 g/mol. The maximum Gasteiger partial charge on any atom is 0.416 e. The largest absolute Gasteiger partial charge is 0.416 e. The number of benzene rings is 2. The van der Waals surface area contributed by atoms with Gasteiger partial charge in [-0.1, -0.05) is 36.4 Å². The molecule has 2 rings (SSSR count). The first kappa shape index (κ1) is 30.1. The van der Waals surface area contributed by atoms with Gasteiger partial charge in [0.25, 0.3) is 0 Å². The maximum absolute atomic E-state index is 13.2. The molecule has 0 aromatic heterocycles. The van der Waals surface area contributed by atoms with E-state index < -0.39 is 33.3 Å². The van der Waals surface area contributed by atoms with Crippen molar-refractivity contribution >= 4 is 27.5 Å². The van der Waals surface area contributed by atoms with Crippen molar-refractivity contribution in [2.24, 2.45) is 0 Å². The SMILES string of the molecule is C[C@@H](C(=O)NC(C)(C)C)N(Cc1ccccc1)C(=O)CCCN(c1cccc(C(F)(F)F)c1)S(C)(=O)=O. The Labute approximate surface area is 216 Å². The van der Waals surface area contributed by atoms with Crippen LogP contribution < -0.4 is 9.62 Å². The highest BCUT2D eigenvalue weighted by molar-refractivity contribution is 7.92. The Morgan fingerprint density at radius 2 is 1.62 bits per heavy atom. The minimum atomic E-state index is -4.63. The Morgan fingerprint density at radius 1 is 1.00 bits per heavy atom. The molecule has 1 atom stereocenters. The number of carbonyl (C=O) groups excluding carboxylic acids is 2. The Balaban J connectivity index is 2.21. The molecule has 0 saturated carbocycles. The zero-order valence-corrected chi connectivity index (χ0v) is 22.5. The van der Waals surface area contributed by atoms with Crippen LogP contribution >= 0.6 is 0 Å². The minimum absolute atomic E-state index is 0.0427. The van der Waals surface area contributed by atoms with Crippen molar-refractivity contribution in [3.63, 3.8) is 0 Å². The van der Waals surface area contributed by atoms with E-state index in [1.165, 1.54) is 11.0 Å².